The molecule has 0 saturated carbocycles. The molecule has 0 spiro atoms. The van der Waals surface area contributed by atoms with Crippen LogP contribution in [0, 0.1) is 5.82 Å². The fourth-order valence-corrected chi connectivity index (χ4v) is 1.43. The van der Waals surface area contributed by atoms with E-state index in [0.717, 1.165) is 6.07 Å². The Hall–Kier alpha value is -2.11. The Kier molecular flexibility index (Phi) is 5.07. The van der Waals surface area contributed by atoms with Crippen LogP contribution in [0.15, 0.2) is 18.2 Å². The first-order valence-electron chi connectivity index (χ1n) is 6.06. The number of methoxy groups -OCH3 is 1. The molecule has 0 radical (unpaired) electrons. The maximum Gasteiger partial charge on any atom is 0.325 e. The lowest BCUT2D eigenvalue weighted by atomic mass is 10.2. The van der Waals surface area contributed by atoms with Crippen molar-refractivity contribution in [2.45, 2.75) is 26.4 Å². The average Bonchev–Trinajstić information content (AvgIpc) is 2.34. The van der Waals surface area contributed by atoms with E-state index in [2.05, 4.69) is 5.32 Å². The number of nitrogens with one attached hydrogen (secondary N) is 1. The number of amides is 1. The molecule has 5 nitrogen and oxygen atoms in total. The van der Waals surface area contributed by atoms with Gasteiger partial charge in [-0.05, 0) is 39.0 Å². The number of carbonyl (C=O) groups is 2. The third kappa shape index (κ3) is 4.87. The first kappa shape index (κ1) is 15.9. The van der Waals surface area contributed by atoms with Gasteiger partial charge in [0.2, 0.25) is 0 Å². The second-order valence-corrected chi connectivity index (χ2v) is 5.12. The van der Waals surface area contributed by atoms with Crippen LogP contribution in [-0.4, -0.2) is 31.1 Å². The van der Waals surface area contributed by atoms with E-state index in [1.165, 1.54) is 19.2 Å². The molecule has 0 aromatic heterocycles. The molecule has 0 saturated heterocycles. The van der Waals surface area contributed by atoms with Crippen LogP contribution < -0.4 is 10.1 Å². The molecule has 0 heterocycles. The monoisotopic (exact) mass is 283 g/mol. The minimum Gasteiger partial charge on any atom is -0.494 e. The normalized spacial score (nSPS) is 10.8. The predicted octanol–water partition coefficient (Wildman–Crippen LogP) is 1.91. The Balaban J connectivity index is 2.61. The predicted molar refractivity (Wildman–Crippen MR) is 71.1 cm³/mol. The van der Waals surface area contributed by atoms with Crippen LogP contribution in [0.4, 0.5) is 4.39 Å². The minimum atomic E-state index is -0.610. The zero-order chi connectivity index (χ0) is 15.3. The lowest BCUT2D eigenvalue weighted by Crippen LogP contribution is -2.34. The highest BCUT2D eigenvalue weighted by atomic mass is 19.1. The molecule has 1 amide bonds. The molecule has 1 aromatic carbocycles. The van der Waals surface area contributed by atoms with Gasteiger partial charge in [0.1, 0.15) is 12.1 Å². The zero-order valence-corrected chi connectivity index (χ0v) is 12.0. The Morgan fingerprint density at radius 2 is 1.95 bits per heavy atom. The molecule has 0 atom stereocenters. The number of rotatable bonds is 4. The van der Waals surface area contributed by atoms with Crippen LogP contribution in [-0.2, 0) is 9.53 Å². The Bertz CT molecular complexity index is 508. The fraction of sp³-hybridized carbons (Fsp3) is 0.429. The van der Waals surface area contributed by atoms with Gasteiger partial charge in [-0.3, -0.25) is 9.59 Å². The number of esters is 1. The highest BCUT2D eigenvalue weighted by Gasteiger charge is 2.17. The Labute approximate surface area is 117 Å². The number of carbonyl (C=O) groups excluding carboxylic acids is 2. The molecule has 6 heteroatoms. The van der Waals surface area contributed by atoms with Crippen LogP contribution in [0.1, 0.15) is 31.1 Å². The van der Waals surface area contributed by atoms with Crippen molar-refractivity contribution in [2.75, 3.05) is 13.7 Å². The second-order valence-electron chi connectivity index (χ2n) is 5.12. The average molecular weight is 283 g/mol. The van der Waals surface area contributed by atoms with Gasteiger partial charge < -0.3 is 14.8 Å². The molecule has 0 aliphatic heterocycles. The number of halogens is 1. The van der Waals surface area contributed by atoms with Crippen LogP contribution in [0.5, 0.6) is 5.75 Å². The largest absolute Gasteiger partial charge is 0.494 e. The molecule has 1 rings (SSSR count). The first-order valence-corrected chi connectivity index (χ1v) is 6.06. The molecule has 1 N–H and O–H groups in total. The molecule has 0 bridgehead atoms. The van der Waals surface area contributed by atoms with Gasteiger partial charge in [-0.15, -0.1) is 0 Å². The van der Waals surface area contributed by atoms with Crippen molar-refractivity contribution >= 4 is 11.9 Å². The maximum atomic E-state index is 13.2. The zero-order valence-electron chi connectivity index (χ0n) is 12.0. The molecule has 0 aliphatic rings. The van der Waals surface area contributed by atoms with Crippen molar-refractivity contribution in [1.82, 2.24) is 5.32 Å². The van der Waals surface area contributed by atoms with Gasteiger partial charge in [-0.1, -0.05) is 0 Å². The Morgan fingerprint density at radius 1 is 1.30 bits per heavy atom. The van der Waals surface area contributed by atoms with E-state index in [-0.39, 0.29) is 17.9 Å². The summed E-state index contributed by atoms with van der Waals surface area (Å²) >= 11 is 0. The van der Waals surface area contributed by atoms with Gasteiger partial charge in [0, 0.05) is 5.56 Å². The van der Waals surface area contributed by atoms with E-state index in [1.54, 1.807) is 20.8 Å². The van der Waals surface area contributed by atoms with Crippen LogP contribution in [0.25, 0.3) is 0 Å². The van der Waals surface area contributed by atoms with Crippen LogP contribution in [0.2, 0.25) is 0 Å². The van der Waals surface area contributed by atoms with Gasteiger partial charge >= 0.3 is 5.97 Å². The molecule has 0 unspecified atom stereocenters. The van der Waals surface area contributed by atoms with Crippen molar-refractivity contribution in [1.29, 1.82) is 0 Å². The van der Waals surface area contributed by atoms with E-state index >= 15 is 0 Å². The molecule has 20 heavy (non-hydrogen) atoms. The summed E-state index contributed by atoms with van der Waals surface area (Å²) in [6.45, 7) is 4.95. The van der Waals surface area contributed by atoms with Gasteiger partial charge in [-0.25, -0.2) is 4.39 Å². The van der Waals surface area contributed by atoms with Crippen molar-refractivity contribution < 1.29 is 23.5 Å². The van der Waals surface area contributed by atoms with E-state index in [1.807, 2.05) is 0 Å². The summed E-state index contributed by atoms with van der Waals surface area (Å²) in [6, 6.07) is 3.70. The summed E-state index contributed by atoms with van der Waals surface area (Å²) in [6.07, 6.45) is 0. The minimum absolute atomic E-state index is 0.0325. The number of benzene rings is 1. The highest BCUT2D eigenvalue weighted by Crippen LogP contribution is 2.18. The second kappa shape index (κ2) is 6.36. The molecule has 0 aliphatic carbocycles. The molecular formula is C14H18FNO4. The Morgan fingerprint density at radius 3 is 2.50 bits per heavy atom. The van der Waals surface area contributed by atoms with Gasteiger partial charge in [0.25, 0.3) is 5.91 Å². The van der Waals surface area contributed by atoms with E-state index in [0.29, 0.717) is 0 Å². The SMILES string of the molecule is COc1cc(C(=O)NCC(=O)OC(C)(C)C)ccc1F. The smallest absolute Gasteiger partial charge is 0.325 e. The summed E-state index contributed by atoms with van der Waals surface area (Å²) in [5.74, 6) is -1.64. The molecule has 1 aromatic rings. The maximum absolute atomic E-state index is 13.2. The van der Waals surface area contributed by atoms with Crippen molar-refractivity contribution in [2.24, 2.45) is 0 Å². The standard InChI is InChI=1S/C14H18FNO4/c1-14(2,3)20-12(17)8-16-13(18)9-5-6-10(15)11(7-9)19-4/h5-7H,8H2,1-4H3,(H,16,18). The third-order valence-electron chi connectivity index (χ3n) is 2.23. The number of hydrogen-bond acceptors (Lipinski definition) is 4. The quantitative estimate of drug-likeness (QED) is 0.857. The van der Waals surface area contributed by atoms with Crippen molar-refractivity contribution in [3.63, 3.8) is 0 Å². The third-order valence-corrected chi connectivity index (χ3v) is 2.23. The first-order chi connectivity index (χ1) is 9.23. The lowest BCUT2D eigenvalue weighted by molar-refractivity contribution is -0.153. The van der Waals surface area contributed by atoms with E-state index in [4.69, 9.17) is 9.47 Å². The highest BCUT2D eigenvalue weighted by molar-refractivity contribution is 5.96. The van der Waals surface area contributed by atoms with Crippen LogP contribution in [0.3, 0.4) is 0 Å². The van der Waals surface area contributed by atoms with Gasteiger partial charge in [-0.2, -0.15) is 0 Å². The number of ether oxygens (including phenoxy) is 2. The van der Waals surface area contributed by atoms with Crippen LogP contribution >= 0.6 is 0 Å². The van der Waals surface area contributed by atoms with Gasteiger partial charge in [0.15, 0.2) is 11.6 Å². The fourth-order valence-electron chi connectivity index (χ4n) is 1.43. The summed E-state index contributed by atoms with van der Waals surface area (Å²) in [4.78, 5) is 23.2. The summed E-state index contributed by atoms with van der Waals surface area (Å²) in [5.41, 5.74) is -0.409. The van der Waals surface area contributed by atoms with Gasteiger partial charge in [0.05, 0.1) is 7.11 Å². The van der Waals surface area contributed by atoms with E-state index < -0.39 is 23.3 Å². The summed E-state index contributed by atoms with van der Waals surface area (Å²) < 4.78 is 23.0. The summed E-state index contributed by atoms with van der Waals surface area (Å²) in [7, 11) is 1.31. The lowest BCUT2D eigenvalue weighted by Gasteiger charge is -2.19. The van der Waals surface area contributed by atoms with E-state index in [9.17, 15) is 14.0 Å². The number of hydrogen-bond donors (Lipinski definition) is 1. The van der Waals surface area contributed by atoms with Crippen molar-refractivity contribution in [3.05, 3.63) is 29.6 Å². The topological polar surface area (TPSA) is 64.6 Å². The summed E-state index contributed by atoms with van der Waals surface area (Å²) in [5, 5.41) is 2.40. The molecule has 110 valence electrons. The van der Waals surface area contributed by atoms with Crippen molar-refractivity contribution in [3.8, 4) is 5.75 Å². The molecule has 0 fully saturated rings. The molecular weight excluding hydrogens is 265 g/mol.